The Bertz CT molecular complexity index is 814. The molecule has 154 valence electrons. The Balaban J connectivity index is 1.37. The molecule has 1 saturated carbocycles. The molecule has 3 rings (SSSR count). The Morgan fingerprint density at radius 2 is 1.69 bits per heavy atom. The Morgan fingerprint density at radius 3 is 2.31 bits per heavy atom. The lowest BCUT2D eigenvalue weighted by molar-refractivity contribution is -0.122. The van der Waals surface area contributed by atoms with Crippen LogP contribution in [0.4, 0.5) is 0 Å². The highest BCUT2D eigenvalue weighted by molar-refractivity contribution is 5.94. The van der Waals surface area contributed by atoms with Crippen molar-refractivity contribution in [3.05, 3.63) is 65.2 Å². The fourth-order valence-corrected chi connectivity index (χ4v) is 3.07. The van der Waals surface area contributed by atoms with Gasteiger partial charge in [0.25, 0.3) is 5.91 Å². The first-order chi connectivity index (χ1) is 14.0. The summed E-state index contributed by atoms with van der Waals surface area (Å²) in [7, 11) is 3.56. The molecule has 0 radical (unpaired) electrons. The minimum Gasteiger partial charge on any atom is -0.497 e. The largest absolute Gasteiger partial charge is 0.497 e. The summed E-state index contributed by atoms with van der Waals surface area (Å²) >= 11 is 0. The van der Waals surface area contributed by atoms with Gasteiger partial charge in [0.2, 0.25) is 5.91 Å². The van der Waals surface area contributed by atoms with Gasteiger partial charge in [-0.25, -0.2) is 0 Å². The standard InChI is InChI=1S/C23H29N3O3/c1-26(15-18-3-7-19(8-4-18)23(28)25-20-9-10-20)16-22(27)24-14-13-17-5-11-21(29-2)12-6-17/h3-8,11-12,20H,9-10,13-16H2,1-2H3,(H,24,27)(H,25,28). The van der Waals surface area contributed by atoms with Crippen molar-refractivity contribution < 1.29 is 14.3 Å². The van der Waals surface area contributed by atoms with Gasteiger partial charge in [-0.05, 0) is 61.7 Å². The van der Waals surface area contributed by atoms with Crippen LogP contribution in [0.2, 0.25) is 0 Å². The number of likely N-dealkylation sites (N-methyl/N-ethyl adjacent to an activating group) is 1. The molecule has 2 amide bonds. The van der Waals surface area contributed by atoms with E-state index >= 15 is 0 Å². The third-order valence-electron chi connectivity index (χ3n) is 4.89. The topological polar surface area (TPSA) is 70.7 Å². The zero-order valence-corrected chi connectivity index (χ0v) is 17.1. The van der Waals surface area contributed by atoms with Crippen LogP contribution in [0.3, 0.4) is 0 Å². The van der Waals surface area contributed by atoms with Crippen molar-refractivity contribution in [3.8, 4) is 5.75 Å². The first-order valence-corrected chi connectivity index (χ1v) is 10.0. The van der Waals surface area contributed by atoms with Crippen molar-refractivity contribution >= 4 is 11.8 Å². The van der Waals surface area contributed by atoms with E-state index in [4.69, 9.17) is 4.74 Å². The van der Waals surface area contributed by atoms with Gasteiger partial charge in [-0.3, -0.25) is 14.5 Å². The smallest absolute Gasteiger partial charge is 0.251 e. The summed E-state index contributed by atoms with van der Waals surface area (Å²) in [6.45, 7) is 1.58. The van der Waals surface area contributed by atoms with E-state index in [-0.39, 0.29) is 11.8 Å². The van der Waals surface area contributed by atoms with Crippen molar-refractivity contribution in [3.63, 3.8) is 0 Å². The van der Waals surface area contributed by atoms with Gasteiger partial charge < -0.3 is 15.4 Å². The summed E-state index contributed by atoms with van der Waals surface area (Å²) in [5.41, 5.74) is 2.91. The van der Waals surface area contributed by atoms with Crippen molar-refractivity contribution in [2.75, 3.05) is 27.2 Å². The van der Waals surface area contributed by atoms with Gasteiger partial charge in [-0.2, -0.15) is 0 Å². The van der Waals surface area contributed by atoms with Crippen LogP contribution in [-0.4, -0.2) is 50.0 Å². The molecule has 0 aromatic heterocycles. The maximum Gasteiger partial charge on any atom is 0.251 e. The van der Waals surface area contributed by atoms with Gasteiger partial charge in [0.05, 0.1) is 13.7 Å². The molecule has 0 spiro atoms. The molecule has 6 heteroatoms. The van der Waals surface area contributed by atoms with Crippen LogP contribution in [0.5, 0.6) is 5.75 Å². The molecule has 1 fully saturated rings. The van der Waals surface area contributed by atoms with Gasteiger partial charge in [-0.1, -0.05) is 24.3 Å². The number of hydrogen-bond donors (Lipinski definition) is 2. The van der Waals surface area contributed by atoms with E-state index in [1.54, 1.807) is 7.11 Å². The average Bonchev–Trinajstić information content (AvgIpc) is 3.53. The lowest BCUT2D eigenvalue weighted by Crippen LogP contribution is -2.35. The van der Waals surface area contributed by atoms with E-state index in [0.29, 0.717) is 31.2 Å². The maximum atomic E-state index is 12.2. The molecule has 2 aromatic carbocycles. The van der Waals surface area contributed by atoms with Crippen LogP contribution >= 0.6 is 0 Å². The molecule has 0 heterocycles. The highest BCUT2D eigenvalue weighted by atomic mass is 16.5. The van der Waals surface area contributed by atoms with Gasteiger partial charge in [0, 0.05) is 24.7 Å². The molecule has 1 aliphatic carbocycles. The Hall–Kier alpha value is -2.86. The van der Waals surface area contributed by atoms with E-state index in [2.05, 4.69) is 10.6 Å². The molecule has 6 nitrogen and oxygen atoms in total. The van der Waals surface area contributed by atoms with Gasteiger partial charge in [-0.15, -0.1) is 0 Å². The second-order valence-corrected chi connectivity index (χ2v) is 7.56. The quantitative estimate of drug-likeness (QED) is 0.648. The van der Waals surface area contributed by atoms with E-state index in [1.165, 1.54) is 0 Å². The fraction of sp³-hybridized carbons (Fsp3) is 0.391. The van der Waals surface area contributed by atoms with Crippen LogP contribution in [0.25, 0.3) is 0 Å². The molecule has 1 aliphatic rings. The molecule has 0 aliphatic heterocycles. The summed E-state index contributed by atoms with van der Waals surface area (Å²) in [6.07, 6.45) is 2.94. The number of carbonyl (C=O) groups excluding carboxylic acids is 2. The minimum absolute atomic E-state index is 0.00134. The number of carbonyl (C=O) groups is 2. The fourth-order valence-electron chi connectivity index (χ4n) is 3.07. The van der Waals surface area contributed by atoms with E-state index in [1.807, 2.05) is 60.5 Å². The second-order valence-electron chi connectivity index (χ2n) is 7.56. The predicted molar refractivity (Wildman–Crippen MR) is 113 cm³/mol. The van der Waals surface area contributed by atoms with Crippen LogP contribution in [0.15, 0.2) is 48.5 Å². The first-order valence-electron chi connectivity index (χ1n) is 10.0. The number of rotatable bonds is 10. The van der Waals surface area contributed by atoms with Gasteiger partial charge in [0.15, 0.2) is 0 Å². The average molecular weight is 396 g/mol. The van der Waals surface area contributed by atoms with Crippen molar-refractivity contribution in [2.45, 2.75) is 31.8 Å². The van der Waals surface area contributed by atoms with Crippen LogP contribution in [-0.2, 0) is 17.8 Å². The van der Waals surface area contributed by atoms with Crippen LogP contribution in [0.1, 0.15) is 34.3 Å². The monoisotopic (exact) mass is 395 g/mol. The number of amides is 2. The lowest BCUT2D eigenvalue weighted by Gasteiger charge is -2.16. The zero-order chi connectivity index (χ0) is 20.6. The number of ether oxygens (including phenoxy) is 1. The third-order valence-corrected chi connectivity index (χ3v) is 4.89. The highest BCUT2D eigenvalue weighted by Gasteiger charge is 2.23. The number of nitrogens with zero attached hydrogens (tertiary/aromatic N) is 1. The Labute approximate surface area is 172 Å². The Morgan fingerprint density at radius 1 is 1.03 bits per heavy atom. The van der Waals surface area contributed by atoms with Gasteiger partial charge >= 0.3 is 0 Å². The molecule has 0 bridgehead atoms. The molecule has 0 atom stereocenters. The van der Waals surface area contributed by atoms with E-state index < -0.39 is 0 Å². The molecular weight excluding hydrogens is 366 g/mol. The van der Waals surface area contributed by atoms with Gasteiger partial charge in [0.1, 0.15) is 5.75 Å². The molecule has 0 saturated heterocycles. The van der Waals surface area contributed by atoms with Crippen molar-refractivity contribution in [2.24, 2.45) is 0 Å². The number of methoxy groups -OCH3 is 1. The van der Waals surface area contributed by atoms with Crippen molar-refractivity contribution in [1.29, 1.82) is 0 Å². The lowest BCUT2D eigenvalue weighted by atomic mass is 10.1. The summed E-state index contributed by atoms with van der Waals surface area (Å²) in [4.78, 5) is 26.1. The second kappa shape index (κ2) is 10.1. The van der Waals surface area contributed by atoms with E-state index in [0.717, 1.165) is 36.1 Å². The molecular formula is C23H29N3O3. The third kappa shape index (κ3) is 6.91. The molecule has 0 unspecified atom stereocenters. The van der Waals surface area contributed by atoms with Crippen molar-refractivity contribution in [1.82, 2.24) is 15.5 Å². The first kappa shape index (κ1) is 20.9. The van der Waals surface area contributed by atoms with Crippen LogP contribution in [0, 0.1) is 0 Å². The summed E-state index contributed by atoms with van der Waals surface area (Å²) in [5, 5.41) is 5.94. The molecule has 2 aromatic rings. The summed E-state index contributed by atoms with van der Waals surface area (Å²) in [6, 6.07) is 15.8. The zero-order valence-electron chi connectivity index (χ0n) is 17.1. The number of nitrogens with one attached hydrogen (secondary N) is 2. The molecule has 2 N–H and O–H groups in total. The SMILES string of the molecule is COc1ccc(CCNC(=O)CN(C)Cc2ccc(C(=O)NC3CC3)cc2)cc1. The minimum atomic E-state index is -0.0105. The number of hydrogen-bond acceptors (Lipinski definition) is 4. The molecule has 29 heavy (non-hydrogen) atoms. The highest BCUT2D eigenvalue weighted by Crippen LogP contribution is 2.19. The van der Waals surface area contributed by atoms with E-state index in [9.17, 15) is 9.59 Å². The normalized spacial score (nSPS) is 13.2. The maximum absolute atomic E-state index is 12.2. The Kier molecular flexibility index (Phi) is 7.25. The summed E-state index contributed by atoms with van der Waals surface area (Å²) < 4.78 is 5.15. The predicted octanol–water partition coefficient (Wildman–Crippen LogP) is 2.38. The number of benzene rings is 2. The van der Waals surface area contributed by atoms with Crippen LogP contribution < -0.4 is 15.4 Å². The summed E-state index contributed by atoms with van der Waals surface area (Å²) in [5.74, 6) is 0.820.